The molecule has 2 saturated heterocycles. The van der Waals surface area contributed by atoms with E-state index in [4.69, 9.17) is 21.1 Å². The van der Waals surface area contributed by atoms with Crippen molar-refractivity contribution >= 4 is 22.7 Å². The number of rotatable bonds is 4. The Morgan fingerprint density at radius 2 is 1.46 bits per heavy atom. The minimum Gasteiger partial charge on any atom is -0.378 e. The lowest BCUT2D eigenvalue weighted by Gasteiger charge is -2.37. The average Bonchev–Trinajstić information content (AvgIpc) is 2.72. The quantitative estimate of drug-likeness (QED) is 0.780. The smallest absolute Gasteiger partial charge is 0.172 e. The van der Waals surface area contributed by atoms with E-state index >= 15 is 0 Å². The maximum Gasteiger partial charge on any atom is 0.172 e. The zero-order valence-electron chi connectivity index (χ0n) is 15.1. The standard InChI is InChI=1S/C20H25N5O/c1-2-3-8-23-9-11-24(12-10-23)19-20(25-13-15-26-16-14-25)22-18-7-5-4-6-17(18)21-19/h1,4-7H,3,8-16H2. The van der Waals surface area contributed by atoms with Crippen molar-refractivity contribution in [3.05, 3.63) is 24.3 Å². The Morgan fingerprint density at radius 3 is 2.04 bits per heavy atom. The first kappa shape index (κ1) is 17.1. The molecule has 0 radical (unpaired) electrons. The number of hydrogen-bond donors (Lipinski definition) is 0. The normalized spacial score (nSPS) is 18.9. The van der Waals surface area contributed by atoms with Gasteiger partial charge in [0.1, 0.15) is 0 Å². The topological polar surface area (TPSA) is 44.7 Å². The average molecular weight is 351 g/mol. The first-order chi connectivity index (χ1) is 12.8. The number of benzene rings is 1. The minimum absolute atomic E-state index is 0.744. The van der Waals surface area contributed by atoms with Gasteiger partial charge in [-0.25, -0.2) is 9.97 Å². The maximum absolute atomic E-state index is 5.52. The van der Waals surface area contributed by atoms with Crippen LogP contribution in [0.5, 0.6) is 0 Å². The highest BCUT2D eigenvalue weighted by Crippen LogP contribution is 2.29. The monoisotopic (exact) mass is 351 g/mol. The molecule has 0 saturated carbocycles. The third kappa shape index (κ3) is 3.59. The molecule has 3 heterocycles. The Kier molecular flexibility index (Phi) is 5.19. The van der Waals surface area contributed by atoms with Gasteiger partial charge in [-0.05, 0) is 12.1 Å². The second kappa shape index (κ2) is 7.90. The van der Waals surface area contributed by atoms with E-state index in [0.717, 1.165) is 88.1 Å². The molecule has 1 aromatic carbocycles. The van der Waals surface area contributed by atoms with Crippen LogP contribution in [0.1, 0.15) is 6.42 Å². The summed E-state index contributed by atoms with van der Waals surface area (Å²) in [6.45, 7) is 8.12. The van der Waals surface area contributed by atoms with Crippen LogP contribution in [0.2, 0.25) is 0 Å². The Bertz CT molecular complexity index is 788. The predicted octanol–water partition coefficient (Wildman–Crippen LogP) is 1.61. The molecule has 2 fully saturated rings. The number of anilines is 2. The molecule has 2 aliphatic heterocycles. The fourth-order valence-electron chi connectivity index (χ4n) is 3.59. The summed E-state index contributed by atoms with van der Waals surface area (Å²) in [7, 11) is 0. The fraction of sp³-hybridized carbons (Fsp3) is 0.500. The highest BCUT2D eigenvalue weighted by Gasteiger charge is 2.25. The second-order valence-corrected chi connectivity index (χ2v) is 6.74. The van der Waals surface area contributed by atoms with Crippen LogP contribution in [0.25, 0.3) is 11.0 Å². The van der Waals surface area contributed by atoms with Gasteiger partial charge in [0.25, 0.3) is 0 Å². The number of nitrogens with zero attached hydrogens (tertiary/aromatic N) is 5. The van der Waals surface area contributed by atoms with Crippen LogP contribution in [0.4, 0.5) is 11.6 Å². The van der Waals surface area contributed by atoms with Crippen LogP contribution in [-0.2, 0) is 4.74 Å². The molecule has 0 amide bonds. The van der Waals surface area contributed by atoms with Gasteiger partial charge >= 0.3 is 0 Å². The molecule has 26 heavy (non-hydrogen) atoms. The molecule has 0 bridgehead atoms. The SMILES string of the molecule is C#CCCN1CCN(c2nc3ccccc3nc2N2CCOCC2)CC1. The van der Waals surface area contributed by atoms with Crippen molar-refractivity contribution in [1.82, 2.24) is 14.9 Å². The molecule has 136 valence electrons. The molecule has 0 spiro atoms. The van der Waals surface area contributed by atoms with Crippen molar-refractivity contribution in [2.24, 2.45) is 0 Å². The van der Waals surface area contributed by atoms with Crippen LogP contribution in [0.15, 0.2) is 24.3 Å². The third-order valence-electron chi connectivity index (χ3n) is 5.09. The second-order valence-electron chi connectivity index (χ2n) is 6.74. The summed E-state index contributed by atoms with van der Waals surface area (Å²) in [5.41, 5.74) is 1.90. The number of terminal acetylenes is 1. The molecule has 6 heteroatoms. The lowest BCUT2D eigenvalue weighted by atomic mass is 10.2. The predicted molar refractivity (Wildman–Crippen MR) is 105 cm³/mol. The first-order valence-electron chi connectivity index (χ1n) is 9.35. The summed E-state index contributed by atoms with van der Waals surface area (Å²) in [4.78, 5) is 17.1. The number of piperazine rings is 1. The minimum atomic E-state index is 0.744. The molecule has 0 atom stereocenters. The molecular weight excluding hydrogens is 326 g/mol. The van der Waals surface area contributed by atoms with Gasteiger partial charge in [-0.3, -0.25) is 4.90 Å². The Hall–Kier alpha value is -2.36. The van der Waals surface area contributed by atoms with Gasteiger partial charge < -0.3 is 14.5 Å². The van der Waals surface area contributed by atoms with Crippen molar-refractivity contribution in [3.8, 4) is 12.3 Å². The third-order valence-corrected chi connectivity index (χ3v) is 5.09. The van der Waals surface area contributed by atoms with Gasteiger partial charge in [0.2, 0.25) is 0 Å². The van der Waals surface area contributed by atoms with Crippen molar-refractivity contribution in [3.63, 3.8) is 0 Å². The van der Waals surface area contributed by atoms with Gasteiger partial charge in [0.15, 0.2) is 11.6 Å². The Balaban J connectivity index is 1.61. The van der Waals surface area contributed by atoms with Crippen molar-refractivity contribution in [2.45, 2.75) is 6.42 Å². The summed E-state index contributed by atoms with van der Waals surface area (Å²) in [6.07, 6.45) is 6.21. The highest BCUT2D eigenvalue weighted by atomic mass is 16.5. The lowest BCUT2D eigenvalue weighted by Crippen LogP contribution is -2.48. The summed E-state index contributed by atoms with van der Waals surface area (Å²) < 4.78 is 5.52. The Morgan fingerprint density at radius 1 is 0.885 bits per heavy atom. The number of morpholine rings is 1. The number of aromatic nitrogens is 2. The molecule has 0 aliphatic carbocycles. The number of ether oxygens (including phenoxy) is 1. The van der Waals surface area contributed by atoms with E-state index in [9.17, 15) is 0 Å². The van der Waals surface area contributed by atoms with Gasteiger partial charge in [0.05, 0.1) is 24.2 Å². The van der Waals surface area contributed by atoms with E-state index in [1.807, 2.05) is 24.3 Å². The molecule has 2 aliphatic rings. The van der Waals surface area contributed by atoms with Crippen LogP contribution < -0.4 is 9.80 Å². The summed E-state index contributed by atoms with van der Waals surface area (Å²) >= 11 is 0. The van der Waals surface area contributed by atoms with Crippen LogP contribution >= 0.6 is 0 Å². The summed E-state index contributed by atoms with van der Waals surface area (Å²) in [5.74, 6) is 4.73. The molecule has 4 rings (SSSR count). The zero-order chi connectivity index (χ0) is 17.8. The number of fused-ring (bicyclic) bond motifs is 1. The van der Waals surface area contributed by atoms with E-state index in [-0.39, 0.29) is 0 Å². The van der Waals surface area contributed by atoms with Gasteiger partial charge in [-0.2, -0.15) is 0 Å². The molecular formula is C20H25N5O. The van der Waals surface area contributed by atoms with E-state index in [1.54, 1.807) is 0 Å². The van der Waals surface area contributed by atoms with Crippen LogP contribution in [0, 0.1) is 12.3 Å². The molecule has 2 aromatic rings. The molecule has 0 unspecified atom stereocenters. The van der Waals surface area contributed by atoms with Gasteiger partial charge in [-0.1, -0.05) is 12.1 Å². The molecule has 0 N–H and O–H groups in total. The highest BCUT2D eigenvalue weighted by molar-refractivity contribution is 5.81. The fourth-order valence-corrected chi connectivity index (χ4v) is 3.59. The van der Waals surface area contributed by atoms with E-state index in [1.165, 1.54) is 0 Å². The summed E-state index contributed by atoms with van der Waals surface area (Å²) in [5, 5.41) is 0. The van der Waals surface area contributed by atoms with E-state index in [2.05, 4.69) is 20.6 Å². The zero-order valence-corrected chi connectivity index (χ0v) is 15.1. The molecule has 6 nitrogen and oxygen atoms in total. The van der Waals surface area contributed by atoms with Crippen LogP contribution in [0.3, 0.4) is 0 Å². The van der Waals surface area contributed by atoms with Crippen LogP contribution in [-0.4, -0.2) is 73.9 Å². The van der Waals surface area contributed by atoms with Crippen molar-refractivity contribution < 1.29 is 4.74 Å². The maximum atomic E-state index is 5.52. The Labute approximate surface area is 154 Å². The molecule has 1 aromatic heterocycles. The number of para-hydroxylation sites is 2. The first-order valence-corrected chi connectivity index (χ1v) is 9.35. The van der Waals surface area contributed by atoms with Crippen molar-refractivity contribution in [2.75, 3.05) is 68.8 Å². The van der Waals surface area contributed by atoms with Gasteiger partial charge in [-0.15, -0.1) is 12.3 Å². The van der Waals surface area contributed by atoms with E-state index in [0.29, 0.717) is 0 Å². The largest absolute Gasteiger partial charge is 0.378 e. The van der Waals surface area contributed by atoms with E-state index < -0.39 is 0 Å². The summed E-state index contributed by atoms with van der Waals surface area (Å²) in [6, 6.07) is 8.11. The number of hydrogen-bond acceptors (Lipinski definition) is 6. The van der Waals surface area contributed by atoms with Crippen molar-refractivity contribution in [1.29, 1.82) is 0 Å². The lowest BCUT2D eigenvalue weighted by molar-refractivity contribution is 0.122. The van der Waals surface area contributed by atoms with Gasteiger partial charge in [0, 0.05) is 52.2 Å².